The van der Waals surface area contributed by atoms with E-state index in [0.717, 1.165) is 22.3 Å². The van der Waals surface area contributed by atoms with E-state index >= 15 is 0 Å². The van der Waals surface area contributed by atoms with Gasteiger partial charge in [0.15, 0.2) is 11.5 Å². The normalized spacial score (nSPS) is 11.8. The van der Waals surface area contributed by atoms with Crippen LogP contribution in [0, 0.1) is 6.92 Å². The van der Waals surface area contributed by atoms with E-state index in [-0.39, 0.29) is 18.1 Å². The van der Waals surface area contributed by atoms with Crippen LogP contribution >= 0.6 is 0 Å². The van der Waals surface area contributed by atoms with E-state index in [0.29, 0.717) is 28.8 Å². The van der Waals surface area contributed by atoms with Crippen LogP contribution in [0.2, 0.25) is 0 Å². The molecule has 1 heterocycles. The first-order valence-electron chi connectivity index (χ1n) is 11.5. The molecular formula is C28H29N3O4. The molecule has 7 heteroatoms. The fraction of sp³-hybridized carbons (Fsp3) is 0.250. The van der Waals surface area contributed by atoms with Gasteiger partial charge in [-0.1, -0.05) is 23.8 Å². The molecule has 4 aromatic rings. The summed E-state index contributed by atoms with van der Waals surface area (Å²) < 4.78 is 17.1. The monoisotopic (exact) mass is 471 g/mol. The average Bonchev–Trinajstić information content (AvgIpc) is 3.34. The molecule has 1 atom stereocenters. The molecule has 1 amide bonds. The van der Waals surface area contributed by atoms with Gasteiger partial charge in [-0.2, -0.15) is 0 Å². The van der Waals surface area contributed by atoms with Crippen LogP contribution in [-0.2, 0) is 0 Å². The zero-order valence-corrected chi connectivity index (χ0v) is 20.5. The smallest absolute Gasteiger partial charge is 0.251 e. The zero-order chi connectivity index (χ0) is 24.9. The summed E-state index contributed by atoms with van der Waals surface area (Å²) in [6.07, 6.45) is 0.0381. The van der Waals surface area contributed by atoms with Crippen LogP contribution in [-0.4, -0.2) is 29.3 Å². The Kier molecular flexibility index (Phi) is 7.15. The molecule has 0 aliphatic rings. The van der Waals surface area contributed by atoms with Crippen molar-refractivity contribution in [3.05, 3.63) is 83.4 Å². The van der Waals surface area contributed by atoms with Gasteiger partial charge >= 0.3 is 0 Å². The van der Waals surface area contributed by atoms with Crippen LogP contribution in [0.4, 0.5) is 0 Å². The summed E-state index contributed by atoms with van der Waals surface area (Å²) in [6, 6.07) is 20.4. The van der Waals surface area contributed by atoms with Crippen molar-refractivity contribution < 1.29 is 18.7 Å². The molecule has 0 aliphatic carbocycles. The van der Waals surface area contributed by atoms with Crippen molar-refractivity contribution in [3.8, 4) is 34.4 Å². The summed E-state index contributed by atoms with van der Waals surface area (Å²) in [5.41, 5.74) is 4.17. The Labute approximate surface area is 205 Å². The van der Waals surface area contributed by atoms with Gasteiger partial charge in [-0.15, -0.1) is 10.2 Å². The van der Waals surface area contributed by atoms with Gasteiger partial charge in [-0.05, 0) is 81.8 Å². The lowest BCUT2D eigenvalue weighted by molar-refractivity contribution is 0.0940. The van der Waals surface area contributed by atoms with Gasteiger partial charge in [-0.3, -0.25) is 4.79 Å². The molecule has 35 heavy (non-hydrogen) atoms. The van der Waals surface area contributed by atoms with Crippen molar-refractivity contribution in [2.75, 3.05) is 7.11 Å². The Morgan fingerprint density at radius 1 is 0.886 bits per heavy atom. The summed E-state index contributed by atoms with van der Waals surface area (Å²) >= 11 is 0. The first-order chi connectivity index (χ1) is 16.8. The number of benzene rings is 3. The molecular weight excluding hydrogens is 442 g/mol. The minimum atomic E-state index is -0.225. The average molecular weight is 472 g/mol. The molecule has 0 spiro atoms. The number of carbonyl (C=O) groups excluding carboxylic acids is 1. The molecule has 4 rings (SSSR count). The molecule has 3 aromatic carbocycles. The van der Waals surface area contributed by atoms with Crippen molar-refractivity contribution in [3.63, 3.8) is 0 Å². The molecule has 1 N–H and O–H groups in total. The van der Waals surface area contributed by atoms with Crippen LogP contribution in [0.1, 0.15) is 48.3 Å². The molecule has 180 valence electrons. The molecule has 1 unspecified atom stereocenters. The third-order valence-corrected chi connectivity index (χ3v) is 5.48. The Bertz CT molecular complexity index is 1310. The topological polar surface area (TPSA) is 86.5 Å². The highest BCUT2D eigenvalue weighted by molar-refractivity contribution is 5.94. The number of carbonyl (C=O) groups is 1. The number of nitrogens with one attached hydrogen (secondary N) is 1. The minimum absolute atomic E-state index is 0.0381. The maximum Gasteiger partial charge on any atom is 0.251 e. The van der Waals surface area contributed by atoms with E-state index in [1.807, 2.05) is 70.2 Å². The molecule has 0 fully saturated rings. The van der Waals surface area contributed by atoms with Crippen LogP contribution in [0.25, 0.3) is 22.9 Å². The highest BCUT2D eigenvalue weighted by Crippen LogP contribution is 2.31. The van der Waals surface area contributed by atoms with Gasteiger partial charge in [0.25, 0.3) is 5.91 Å². The molecule has 0 aliphatic heterocycles. The second-order valence-corrected chi connectivity index (χ2v) is 8.63. The van der Waals surface area contributed by atoms with Crippen LogP contribution in [0.5, 0.6) is 11.5 Å². The standard InChI is InChI=1S/C28H29N3O4/c1-17(2)34-24-14-13-22(16-25(24)33-5)19(4)29-26(32)20-9-11-21(12-10-20)27-30-31-28(35-27)23-8-6-7-18(3)15-23/h6-17,19H,1-5H3,(H,29,32). The first kappa shape index (κ1) is 24.0. The number of hydrogen-bond acceptors (Lipinski definition) is 6. The van der Waals surface area contributed by atoms with Gasteiger partial charge in [0.1, 0.15) is 0 Å². The summed E-state index contributed by atoms with van der Waals surface area (Å²) in [4.78, 5) is 12.8. The van der Waals surface area contributed by atoms with E-state index < -0.39 is 0 Å². The largest absolute Gasteiger partial charge is 0.493 e. The highest BCUT2D eigenvalue weighted by Gasteiger charge is 2.16. The number of hydrogen-bond donors (Lipinski definition) is 1. The highest BCUT2D eigenvalue weighted by atomic mass is 16.5. The lowest BCUT2D eigenvalue weighted by Gasteiger charge is -2.18. The number of nitrogens with zero attached hydrogens (tertiary/aromatic N) is 2. The van der Waals surface area contributed by atoms with Crippen LogP contribution in [0.3, 0.4) is 0 Å². The summed E-state index contributed by atoms with van der Waals surface area (Å²) in [5, 5.41) is 11.3. The third-order valence-electron chi connectivity index (χ3n) is 5.48. The fourth-order valence-electron chi connectivity index (χ4n) is 3.67. The van der Waals surface area contributed by atoms with Crippen LogP contribution in [0.15, 0.2) is 71.1 Å². The molecule has 1 aromatic heterocycles. The zero-order valence-electron chi connectivity index (χ0n) is 20.5. The minimum Gasteiger partial charge on any atom is -0.493 e. The van der Waals surface area contributed by atoms with Crippen molar-refractivity contribution in [2.45, 2.75) is 39.8 Å². The van der Waals surface area contributed by atoms with E-state index in [1.165, 1.54) is 0 Å². The Balaban J connectivity index is 1.44. The predicted molar refractivity (Wildman–Crippen MR) is 135 cm³/mol. The van der Waals surface area contributed by atoms with Crippen LogP contribution < -0.4 is 14.8 Å². The number of aromatic nitrogens is 2. The molecule has 0 radical (unpaired) electrons. The van der Waals surface area contributed by atoms with Gasteiger partial charge < -0.3 is 19.2 Å². The van der Waals surface area contributed by atoms with E-state index in [4.69, 9.17) is 13.9 Å². The SMILES string of the molecule is COc1cc(C(C)NC(=O)c2ccc(-c3nnc(-c4cccc(C)c4)o3)cc2)ccc1OC(C)C. The molecule has 7 nitrogen and oxygen atoms in total. The maximum absolute atomic E-state index is 12.8. The third kappa shape index (κ3) is 5.69. The van der Waals surface area contributed by atoms with Crippen molar-refractivity contribution in [2.24, 2.45) is 0 Å². The number of methoxy groups -OCH3 is 1. The number of ether oxygens (including phenoxy) is 2. The van der Waals surface area contributed by atoms with Gasteiger partial charge in [0, 0.05) is 16.7 Å². The molecule has 0 saturated carbocycles. The van der Waals surface area contributed by atoms with Gasteiger partial charge in [-0.25, -0.2) is 0 Å². The summed E-state index contributed by atoms with van der Waals surface area (Å²) in [7, 11) is 1.60. The molecule has 0 bridgehead atoms. The Hall–Kier alpha value is -4.13. The lowest BCUT2D eigenvalue weighted by atomic mass is 10.1. The lowest BCUT2D eigenvalue weighted by Crippen LogP contribution is -2.26. The van der Waals surface area contributed by atoms with Gasteiger partial charge in [0.05, 0.1) is 19.3 Å². The second kappa shape index (κ2) is 10.4. The van der Waals surface area contributed by atoms with Crippen molar-refractivity contribution in [1.82, 2.24) is 15.5 Å². The fourth-order valence-corrected chi connectivity index (χ4v) is 3.67. The van der Waals surface area contributed by atoms with Crippen molar-refractivity contribution >= 4 is 5.91 Å². The Morgan fingerprint density at radius 3 is 2.26 bits per heavy atom. The summed E-state index contributed by atoms with van der Waals surface area (Å²) in [5.74, 6) is 1.98. The quantitative estimate of drug-likeness (QED) is 0.339. The predicted octanol–water partition coefficient (Wildman–Crippen LogP) is 6.00. The second-order valence-electron chi connectivity index (χ2n) is 8.63. The van der Waals surface area contributed by atoms with Crippen molar-refractivity contribution in [1.29, 1.82) is 0 Å². The van der Waals surface area contributed by atoms with E-state index in [2.05, 4.69) is 15.5 Å². The maximum atomic E-state index is 12.8. The number of aryl methyl sites for hydroxylation is 1. The molecule has 0 saturated heterocycles. The summed E-state index contributed by atoms with van der Waals surface area (Å²) in [6.45, 7) is 7.86. The number of amides is 1. The Morgan fingerprint density at radius 2 is 1.60 bits per heavy atom. The van der Waals surface area contributed by atoms with E-state index in [9.17, 15) is 4.79 Å². The number of rotatable bonds is 8. The van der Waals surface area contributed by atoms with Gasteiger partial charge in [0.2, 0.25) is 11.8 Å². The first-order valence-corrected chi connectivity index (χ1v) is 11.5. The van der Waals surface area contributed by atoms with E-state index in [1.54, 1.807) is 31.4 Å².